The molecule has 88 valence electrons. The van der Waals surface area contributed by atoms with Crippen LogP contribution in [0.1, 0.15) is 0 Å². The highest BCUT2D eigenvalue weighted by molar-refractivity contribution is 8.16. The van der Waals surface area contributed by atoms with Crippen molar-refractivity contribution in [3.63, 3.8) is 0 Å². The molecule has 0 spiro atoms. The number of nitrogens with one attached hydrogen (secondary N) is 1. The summed E-state index contributed by atoms with van der Waals surface area (Å²) < 4.78 is 0. The van der Waals surface area contributed by atoms with Gasteiger partial charge < -0.3 is 5.32 Å². The van der Waals surface area contributed by atoms with Crippen LogP contribution in [-0.4, -0.2) is 29.4 Å². The van der Waals surface area contributed by atoms with Gasteiger partial charge in [0.25, 0.3) is 11.1 Å². The predicted molar refractivity (Wildman–Crippen MR) is 64.8 cm³/mol. The molecule has 0 aliphatic carbocycles. The van der Waals surface area contributed by atoms with E-state index in [4.69, 9.17) is 0 Å². The van der Waals surface area contributed by atoms with E-state index in [1.165, 1.54) is 7.05 Å². The highest BCUT2D eigenvalue weighted by Crippen LogP contribution is 2.31. The van der Waals surface area contributed by atoms with Crippen LogP contribution in [0.15, 0.2) is 30.3 Å². The zero-order chi connectivity index (χ0) is 12.4. The minimum Gasteiger partial charge on any atom is -0.358 e. The number of para-hydroxylation sites is 1. The van der Waals surface area contributed by atoms with Crippen molar-refractivity contribution in [3.05, 3.63) is 30.3 Å². The normalized spacial score (nSPS) is 19.6. The quantitative estimate of drug-likeness (QED) is 0.795. The molecule has 1 heterocycles. The summed E-state index contributed by atoms with van der Waals surface area (Å²) in [7, 11) is 1.44. The van der Waals surface area contributed by atoms with Crippen LogP contribution in [0.3, 0.4) is 0 Å². The van der Waals surface area contributed by atoms with Crippen molar-refractivity contribution in [2.24, 2.45) is 0 Å². The van der Waals surface area contributed by atoms with Crippen LogP contribution in [0.4, 0.5) is 10.5 Å². The first-order valence-electron chi connectivity index (χ1n) is 4.96. The van der Waals surface area contributed by atoms with E-state index in [2.05, 4.69) is 5.32 Å². The summed E-state index contributed by atoms with van der Waals surface area (Å²) in [5.41, 5.74) is 0.487. The standard InChI is InChI=1S/C11H10N2O3S/c1-12-9(14)8-10(15)13(11(16)17-8)7-5-3-2-4-6-7/h2-6,8H,1H3,(H,12,14). The molecule has 1 fully saturated rings. The van der Waals surface area contributed by atoms with Crippen LogP contribution >= 0.6 is 11.8 Å². The third-order valence-corrected chi connectivity index (χ3v) is 3.38. The summed E-state index contributed by atoms with van der Waals surface area (Å²) >= 11 is 0.735. The molecule has 0 aromatic heterocycles. The van der Waals surface area contributed by atoms with Gasteiger partial charge in [0.2, 0.25) is 5.91 Å². The molecule has 1 aliphatic rings. The van der Waals surface area contributed by atoms with E-state index < -0.39 is 22.3 Å². The van der Waals surface area contributed by atoms with E-state index in [-0.39, 0.29) is 0 Å². The van der Waals surface area contributed by atoms with E-state index in [0.29, 0.717) is 5.69 Å². The van der Waals surface area contributed by atoms with E-state index in [1.54, 1.807) is 30.3 Å². The second kappa shape index (κ2) is 4.58. The lowest BCUT2D eigenvalue weighted by atomic mass is 10.2. The smallest absolute Gasteiger partial charge is 0.294 e. The van der Waals surface area contributed by atoms with Crippen LogP contribution in [0.2, 0.25) is 0 Å². The average molecular weight is 250 g/mol. The van der Waals surface area contributed by atoms with E-state index >= 15 is 0 Å². The Morgan fingerprint density at radius 2 is 1.94 bits per heavy atom. The summed E-state index contributed by atoms with van der Waals surface area (Å²) in [6.45, 7) is 0. The second-order valence-corrected chi connectivity index (χ2v) is 4.44. The zero-order valence-corrected chi connectivity index (χ0v) is 9.86. The molecule has 1 N–H and O–H groups in total. The molecule has 1 aromatic carbocycles. The van der Waals surface area contributed by atoms with Crippen LogP contribution in [0.25, 0.3) is 0 Å². The van der Waals surface area contributed by atoms with Crippen molar-refractivity contribution in [3.8, 4) is 0 Å². The second-order valence-electron chi connectivity index (χ2n) is 3.39. The summed E-state index contributed by atoms with van der Waals surface area (Å²) in [4.78, 5) is 36.1. The van der Waals surface area contributed by atoms with Crippen LogP contribution in [-0.2, 0) is 9.59 Å². The van der Waals surface area contributed by atoms with Gasteiger partial charge in [-0.05, 0) is 23.9 Å². The number of carbonyl (C=O) groups is 3. The molecule has 17 heavy (non-hydrogen) atoms. The summed E-state index contributed by atoms with van der Waals surface area (Å²) in [5.74, 6) is -0.947. The monoisotopic (exact) mass is 250 g/mol. The van der Waals surface area contributed by atoms with Gasteiger partial charge in [0, 0.05) is 7.05 Å². The number of carbonyl (C=O) groups excluding carboxylic acids is 3. The lowest BCUT2D eigenvalue weighted by molar-refractivity contribution is -0.126. The molecule has 3 amide bonds. The first kappa shape index (κ1) is 11.7. The zero-order valence-electron chi connectivity index (χ0n) is 9.04. The third kappa shape index (κ3) is 2.03. The summed E-state index contributed by atoms with van der Waals surface area (Å²) in [6.07, 6.45) is 0. The van der Waals surface area contributed by atoms with Gasteiger partial charge in [-0.3, -0.25) is 14.4 Å². The number of imide groups is 1. The van der Waals surface area contributed by atoms with Gasteiger partial charge in [-0.15, -0.1) is 0 Å². The molecule has 5 nitrogen and oxygen atoms in total. The molecule has 0 saturated carbocycles. The first-order valence-corrected chi connectivity index (χ1v) is 5.84. The predicted octanol–water partition coefficient (Wildman–Crippen LogP) is 1.00. The van der Waals surface area contributed by atoms with Gasteiger partial charge in [0.15, 0.2) is 5.25 Å². The third-order valence-electron chi connectivity index (χ3n) is 2.34. The van der Waals surface area contributed by atoms with Gasteiger partial charge in [-0.2, -0.15) is 0 Å². The molecular weight excluding hydrogens is 240 g/mol. The van der Waals surface area contributed by atoms with Crippen molar-refractivity contribution >= 4 is 34.5 Å². The number of amides is 3. The van der Waals surface area contributed by atoms with Crippen LogP contribution in [0.5, 0.6) is 0 Å². The topological polar surface area (TPSA) is 66.5 Å². The Labute approximate surface area is 102 Å². The molecule has 0 radical (unpaired) electrons. The number of hydrogen-bond donors (Lipinski definition) is 1. The minimum atomic E-state index is -0.979. The van der Waals surface area contributed by atoms with E-state index in [1.807, 2.05) is 0 Å². The Morgan fingerprint density at radius 1 is 1.29 bits per heavy atom. The molecule has 0 bridgehead atoms. The molecule has 1 aliphatic heterocycles. The van der Waals surface area contributed by atoms with Crippen molar-refractivity contribution in [2.45, 2.75) is 5.25 Å². The number of hydrogen-bond acceptors (Lipinski definition) is 4. The lowest BCUT2D eigenvalue weighted by Crippen LogP contribution is -2.38. The summed E-state index contributed by atoms with van der Waals surface area (Å²) in [5, 5.41) is 0.970. The SMILES string of the molecule is CNC(=O)C1SC(=O)N(c2ccccc2)C1=O. The fraction of sp³-hybridized carbons (Fsp3) is 0.182. The Balaban J connectivity index is 2.29. The molecule has 1 atom stereocenters. The van der Waals surface area contributed by atoms with Crippen molar-refractivity contribution < 1.29 is 14.4 Å². The number of anilines is 1. The molecule has 2 rings (SSSR count). The molecular formula is C11H10N2O3S. The summed E-state index contributed by atoms with van der Waals surface area (Å²) in [6, 6.07) is 8.56. The molecule has 1 aromatic rings. The molecule has 6 heteroatoms. The number of rotatable bonds is 2. The van der Waals surface area contributed by atoms with E-state index in [9.17, 15) is 14.4 Å². The molecule has 1 saturated heterocycles. The largest absolute Gasteiger partial charge is 0.358 e. The number of thioether (sulfide) groups is 1. The van der Waals surface area contributed by atoms with E-state index in [0.717, 1.165) is 16.7 Å². The maximum atomic E-state index is 11.9. The van der Waals surface area contributed by atoms with Gasteiger partial charge in [0.05, 0.1) is 5.69 Å². The molecule has 1 unspecified atom stereocenters. The maximum Gasteiger partial charge on any atom is 0.294 e. The lowest BCUT2D eigenvalue weighted by Gasteiger charge is -2.12. The number of benzene rings is 1. The minimum absolute atomic E-state index is 0.421. The van der Waals surface area contributed by atoms with Gasteiger partial charge >= 0.3 is 0 Å². The van der Waals surface area contributed by atoms with Crippen molar-refractivity contribution in [1.82, 2.24) is 5.32 Å². The van der Waals surface area contributed by atoms with Gasteiger partial charge in [-0.1, -0.05) is 18.2 Å². The Bertz CT molecular complexity index is 475. The fourth-order valence-electron chi connectivity index (χ4n) is 1.52. The number of nitrogens with zero attached hydrogens (tertiary/aromatic N) is 1. The highest BCUT2D eigenvalue weighted by Gasteiger charge is 2.44. The average Bonchev–Trinajstić information content (AvgIpc) is 2.65. The van der Waals surface area contributed by atoms with Gasteiger partial charge in [-0.25, -0.2) is 4.90 Å². The highest BCUT2D eigenvalue weighted by atomic mass is 32.2. The fourth-order valence-corrected chi connectivity index (χ4v) is 2.45. The van der Waals surface area contributed by atoms with Crippen LogP contribution in [0, 0.1) is 0 Å². The maximum absolute atomic E-state index is 11.9. The Morgan fingerprint density at radius 3 is 2.53 bits per heavy atom. The van der Waals surface area contributed by atoms with Gasteiger partial charge in [0.1, 0.15) is 0 Å². The first-order chi connectivity index (χ1) is 8.15. The Hall–Kier alpha value is -1.82. The van der Waals surface area contributed by atoms with Crippen molar-refractivity contribution in [2.75, 3.05) is 11.9 Å². The van der Waals surface area contributed by atoms with Crippen LogP contribution < -0.4 is 10.2 Å². The Kier molecular flexibility index (Phi) is 3.14. The van der Waals surface area contributed by atoms with Crippen molar-refractivity contribution in [1.29, 1.82) is 0 Å².